The molecule has 3 aliphatic rings. The Balaban J connectivity index is 1.31. The third kappa shape index (κ3) is 16.2. The highest BCUT2D eigenvalue weighted by Gasteiger charge is 2.54. The van der Waals surface area contributed by atoms with Gasteiger partial charge in [0, 0.05) is 95.8 Å². The molecule has 1 aromatic carbocycles. The molecule has 20 atom stereocenters. The highest BCUT2D eigenvalue weighted by molar-refractivity contribution is 5.88. The number of rotatable bonds is 23. The standard InChI is InChI=1S/C59H95FN8O16/c1-16-45-59(10,73)51(70)35(4)47(65-79-32-78-24-23-74-12)33(2)26-58(9,77-15)53(36(5)49(37(6)54(72)82-45)83-46-27-57(8,76-14)52(71)38(7)81-46)84-55-48(69)43(25-34(3)80-55)67(11)22-21-42-31-68(66-64-42)44(28-60)50(75-13)40-19-17-39(18-20-40)41-29-62-56(61)63-30-41/h17-20,29-31,33-38,43-46,48-53,55,69-71,73H,16,21-28,32H2,1-15H3,(H2,61,62,63)/b65-47+/t33-,34-,35+,36+,37-,38+,43+,44-,45-,46+,48-,49+,50-,51-,52+,53-,55+,57-,58-,59-/m1/s1. The zero-order chi connectivity index (χ0) is 61.8. The van der Waals surface area contributed by atoms with Crippen LogP contribution in [0.3, 0.4) is 0 Å². The first-order chi connectivity index (χ1) is 39.8. The summed E-state index contributed by atoms with van der Waals surface area (Å²) in [5.41, 5.74) is 4.53. The summed E-state index contributed by atoms with van der Waals surface area (Å²) in [5.74, 6) is -3.93. The number of likely N-dealkylation sites (N-methyl/N-ethyl adjacent to an activating group) is 1. The zero-order valence-corrected chi connectivity index (χ0v) is 51.7. The normalized spacial score (nSPS) is 36.0. The number of alkyl halides is 1. The van der Waals surface area contributed by atoms with Gasteiger partial charge in [-0.15, -0.1) is 5.10 Å². The number of halogens is 1. The molecule has 24 nitrogen and oxygen atoms in total. The van der Waals surface area contributed by atoms with Gasteiger partial charge < -0.3 is 83.3 Å². The van der Waals surface area contributed by atoms with Crippen molar-refractivity contribution in [3.05, 3.63) is 54.1 Å². The van der Waals surface area contributed by atoms with Crippen molar-refractivity contribution in [3.63, 3.8) is 0 Å². The van der Waals surface area contributed by atoms with Crippen molar-refractivity contribution < 1.29 is 81.8 Å². The molecular formula is C59H95FN8O16. The number of aliphatic hydroxyl groups is 4. The maximum atomic E-state index is 15.0. The molecule has 0 saturated carbocycles. The minimum atomic E-state index is -2.00. The molecule has 2 aromatic heterocycles. The SMILES string of the molecule is CC[C@H]1OC(=O)[C@H](C)[C@@H](O[C@H]2C[C@@](C)(OC)[C@@H](O)[C@H](C)O2)[C@H](C)[C@@H](O[C@@H]2O[C@H](C)C[C@H](N(C)CCc3cn([C@H](CF)[C@H](OC)c4ccc(-c5cnc(N)nc5)cc4)nn3)[C@H]2O)[C@](C)(OC)C[C@@H](C)/C(=N\OCOCCOC)[C@H](C)[C@@H](O)[C@]1(C)O. The third-order valence-electron chi connectivity index (χ3n) is 17.6. The molecule has 6 rings (SSSR count). The molecule has 5 heterocycles. The molecule has 0 spiro atoms. The zero-order valence-electron chi connectivity index (χ0n) is 51.7. The number of esters is 1. The summed E-state index contributed by atoms with van der Waals surface area (Å²) in [6.45, 7) is 17.4. The minimum absolute atomic E-state index is 0.0731. The average Bonchev–Trinajstić information content (AvgIpc) is 4.01. The Bertz CT molecular complexity index is 2520. The maximum absolute atomic E-state index is 15.0. The lowest BCUT2D eigenvalue weighted by Crippen LogP contribution is -2.61. The van der Waals surface area contributed by atoms with Crippen LogP contribution in [0.15, 0.2) is 48.0 Å². The predicted molar refractivity (Wildman–Crippen MR) is 307 cm³/mol. The van der Waals surface area contributed by atoms with Crippen molar-refractivity contribution >= 4 is 17.6 Å². The number of anilines is 1. The van der Waals surface area contributed by atoms with Crippen LogP contribution in [0.5, 0.6) is 0 Å². The van der Waals surface area contributed by atoms with Crippen LogP contribution in [0, 0.1) is 23.7 Å². The van der Waals surface area contributed by atoms with Gasteiger partial charge in [-0.25, -0.2) is 19.0 Å². The smallest absolute Gasteiger partial charge is 0.311 e. The van der Waals surface area contributed by atoms with Gasteiger partial charge in [-0.1, -0.05) is 62.3 Å². The van der Waals surface area contributed by atoms with E-state index in [0.717, 1.165) is 16.7 Å². The summed E-state index contributed by atoms with van der Waals surface area (Å²) < 4.78 is 78.6. The number of aliphatic hydroxyl groups excluding tert-OH is 3. The maximum Gasteiger partial charge on any atom is 0.311 e. The molecular weight excluding hydrogens is 1100 g/mol. The highest BCUT2D eigenvalue weighted by atomic mass is 19.1. The molecule has 474 valence electrons. The van der Waals surface area contributed by atoms with Gasteiger partial charge in [-0.3, -0.25) is 4.79 Å². The Morgan fingerprint density at radius 1 is 0.905 bits per heavy atom. The fraction of sp³-hybridized carbons (Fsp3) is 0.763. The van der Waals surface area contributed by atoms with E-state index >= 15 is 4.39 Å². The number of cyclic esters (lactones) is 1. The number of nitrogens with two attached hydrogens (primary N) is 1. The predicted octanol–water partition coefficient (Wildman–Crippen LogP) is 5.01. The quantitative estimate of drug-likeness (QED) is 0.0361. The number of carbonyl (C=O) groups is 1. The lowest BCUT2D eigenvalue weighted by molar-refractivity contribution is -0.319. The monoisotopic (exact) mass is 1190 g/mol. The summed E-state index contributed by atoms with van der Waals surface area (Å²) in [4.78, 5) is 30.6. The first-order valence-electron chi connectivity index (χ1n) is 29.1. The molecule has 6 N–H and O–H groups in total. The number of nitrogens with zero attached hydrogens (tertiary/aromatic N) is 7. The van der Waals surface area contributed by atoms with Gasteiger partial charge in [0.05, 0.1) is 72.3 Å². The van der Waals surface area contributed by atoms with Gasteiger partial charge in [0.15, 0.2) is 12.6 Å². The van der Waals surface area contributed by atoms with Gasteiger partial charge in [-0.2, -0.15) is 0 Å². The molecule has 3 aliphatic heterocycles. The van der Waals surface area contributed by atoms with Crippen molar-refractivity contribution in [1.29, 1.82) is 0 Å². The van der Waals surface area contributed by atoms with E-state index < -0.39 is 133 Å². The number of carbonyl (C=O) groups excluding carboxylic acids is 1. The van der Waals surface area contributed by atoms with Crippen LogP contribution in [0.4, 0.5) is 10.3 Å². The van der Waals surface area contributed by atoms with E-state index in [1.165, 1.54) is 32.9 Å². The highest BCUT2D eigenvalue weighted by Crippen LogP contribution is 2.43. The van der Waals surface area contributed by atoms with Crippen LogP contribution in [0.25, 0.3) is 11.1 Å². The molecule has 3 saturated heterocycles. The second kappa shape index (κ2) is 30.5. The van der Waals surface area contributed by atoms with Gasteiger partial charge in [0.2, 0.25) is 12.7 Å². The molecule has 0 aliphatic carbocycles. The van der Waals surface area contributed by atoms with Crippen LogP contribution in [-0.2, 0) is 63.4 Å². The first-order valence-corrected chi connectivity index (χ1v) is 29.1. The summed E-state index contributed by atoms with van der Waals surface area (Å²) in [5, 5.41) is 61.4. The lowest BCUT2D eigenvalue weighted by atomic mass is 9.73. The van der Waals surface area contributed by atoms with Crippen molar-refractivity contribution in [2.75, 3.05) is 74.4 Å². The Labute approximate surface area is 494 Å². The number of methoxy groups -OCH3 is 4. The Kier molecular flexibility index (Phi) is 24.9. The number of hydrogen-bond donors (Lipinski definition) is 5. The van der Waals surface area contributed by atoms with Crippen LogP contribution in [0.2, 0.25) is 0 Å². The fourth-order valence-electron chi connectivity index (χ4n) is 12.2. The second-order valence-corrected chi connectivity index (χ2v) is 23.7. The number of ether oxygens (including phenoxy) is 10. The van der Waals surface area contributed by atoms with Gasteiger partial charge >= 0.3 is 5.97 Å². The first kappa shape index (κ1) is 68.7. The van der Waals surface area contributed by atoms with Gasteiger partial charge in [0.25, 0.3) is 0 Å². The molecule has 0 amide bonds. The van der Waals surface area contributed by atoms with E-state index in [2.05, 4.69) is 25.4 Å². The number of oxime groups is 1. The number of benzene rings is 1. The molecule has 84 heavy (non-hydrogen) atoms. The van der Waals surface area contributed by atoms with Gasteiger partial charge in [-0.05, 0) is 79.0 Å². The van der Waals surface area contributed by atoms with Crippen LogP contribution < -0.4 is 5.73 Å². The van der Waals surface area contributed by atoms with Crippen LogP contribution >= 0.6 is 0 Å². The number of nitrogen functional groups attached to an aromatic ring is 1. The second-order valence-electron chi connectivity index (χ2n) is 23.7. The van der Waals surface area contributed by atoms with Crippen molar-refractivity contribution in [1.82, 2.24) is 29.9 Å². The molecule has 3 aromatic rings. The topological polar surface area (TPSA) is 298 Å². The van der Waals surface area contributed by atoms with Crippen LogP contribution in [-0.4, -0.2) is 215 Å². The third-order valence-corrected chi connectivity index (χ3v) is 17.6. The molecule has 0 unspecified atom stereocenters. The van der Waals surface area contributed by atoms with E-state index in [-0.39, 0.29) is 38.6 Å². The summed E-state index contributed by atoms with van der Waals surface area (Å²) in [6.07, 6.45) is -5.23. The summed E-state index contributed by atoms with van der Waals surface area (Å²) in [6, 6.07) is 6.13. The summed E-state index contributed by atoms with van der Waals surface area (Å²) in [7, 11) is 7.99. The number of hydrogen-bond acceptors (Lipinski definition) is 23. The van der Waals surface area contributed by atoms with E-state index in [4.69, 9.17) is 57.9 Å². The average molecular weight is 1190 g/mol. The van der Waals surface area contributed by atoms with E-state index in [0.29, 0.717) is 37.4 Å². The van der Waals surface area contributed by atoms with E-state index in [9.17, 15) is 25.2 Å². The molecule has 3 fully saturated rings. The van der Waals surface area contributed by atoms with Crippen molar-refractivity contribution in [2.24, 2.45) is 28.8 Å². The summed E-state index contributed by atoms with van der Waals surface area (Å²) >= 11 is 0. The number of aromatic nitrogens is 5. The van der Waals surface area contributed by atoms with Crippen molar-refractivity contribution in [2.45, 2.75) is 198 Å². The van der Waals surface area contributed by atoms with E-state index in [1.807, 2.05) is 63.9 Å². The van der Waals surface area contributed by atoms with Crippen LogP contribution in [0.1, 0.15) is 118 Å². The van der Waals surface area contributed by atoms with Crippen molar-refractivity contribution in [3.8, 4) is 11.1 Å². The molecule has 0 radical (unpaired) electrons. The van der Waals surface area contributed by atoms with Gasteiger partial charge in [0.1, 0.15) is 42.7 Å². The Hall–Kier alpha value is -4.45. The minimum Gasteiger partial charge on any atom is -0.459 e. The Morgan fingerprint density at radius 2 is 1.58 bits per heavy atom. The molecule has 25 heteroatoms. The van der Waals surface area contributed by atoms with E-state index in [1.54, 1.807) is 60.3 Å². The Morgan fingerprint density at radius 3 is 2.20 bits per heavy atom. The fourth-order valence-corrected chi connectivity index (χ4v) is 12.2. The lowest BCUT2D eigenvalue weighted by Gasteiger charge is -2.50. The molecule has 0 bridgehead atoms. The largest absolute Gasteiger partial charge is 0.459 e.